The number of fused-ring (bicyclic) bond motifs is 3. The van der Waals surface area contributed by atoms with Gasteiger partial charge < -0.3 is 25.2 Å². The van der Waals surface area contributed by atoms with Crippen molar-refractivity contribution >= 4 is 18.0 Å². The largest absolute Gasteiger partial charge is 0.481 e. The van der Waals surface area contributed by atoms with E-state index >= 15 is 0 Å². The maximum Gasteiger partial charge on any atom is 0.407 e. The minimum absolute atomic E-state index is 0.0579. The van der Waals surface area contributed by atoms with Crippen LogP contribution in [-0.4, -0.2) is 64.4 Å². The number of aliphatic carboxylic acids is 1. The fourth-order valence-electron chi connectivity index (χ4n) is 4.94. The summed E-state index contributed by atoms with van der Waals surface area (Å²) < 4.78 is 5.54. The molecule has 1 aliphatic carbocycles. The number of rotatable bonds is 7. The van der Waals surface area contributed by atoms with Crippen LogP contribution in [0.3, 0.4) is 0 Å². The minimum Gasteiger partial charge on any atom is -0.481 e. The lowest BCUT2D eigenvalue weighted by Crippen LogP contribution is -2.56. The first-order chi connectivity index (χ1) is 16.4. The average Bonchev–Trinajstić information content (AvgIpc) is 3.15. The highest BCUT2D eigenvalue weighted by Crippen LogP contribution is 2.44. The Morgan fingerprint density at radius 3 is 2.32 bits per heavy atom. The molecule has 2 aromatic rings. The maximum absolute atomic E-state index is 13.1. The summed E-state index contributed by atoms with van der Waals surface area (Å²) in [5.74, 6) is -1.58. The Hall–Kier alpha value is -3.39. The van der Waals surface area contributed by atoms with E-state index in [9.17, 15) is 19.5 Å². The summed E-state index contributed by atoms with van der Waals surface area (Å²) in [4.78, 5) is 38.5. The van der Waals surface area contributed by atoms with Crippen LogP contribution in [0.1, 0.15) is 49.7 Å². The van der Waals surface area contributed by atoms with Crippen LogP contribution < -0.4 is 5.32 Å². The first-order valence-corrected chi connectivity index (χ1v) is 11.7. The number of nitrogens with zero attached hydrogens (tertiary/aromatic N) is 1. The second kappa shape index (κ2) is 10.3. The third-order valence-corrected chi connectivity index (χ3v) is 6.81. The van der Waals surface area contributed by atoms with Gasteiger partial charge in [0, 0.05) is 18.9 Å². The van der Waals surface area contributed by atoms with Crippen molar-refractivity contribution < 1.29 is 29.3 Å². The van der Waals surface area contributed by atoms with E-state index in [-0.39, 0.29) is 25.4 Å². The lowest BCUT2D eigenvalue weighted by Gasteiger charge is -2.38. The highest BCUT2D eigenvalue weighted by Gasteiger charge is 2.35. The zero-order valence-corrected chi connectivity index (χ0v) is 19.1. The number of hydrogen-bond donors (Lipinski definition) is 3. The number of carbonyl (C=O) groups is 3. The van der Waals surface area contributed by atoms with Gasteiger partial charge in [-0.3, -0.25) is 9.59 Å². The van der Waals surface area contributed by atoms with E-state index in [4.69, 9.17) is 9.84 Å². The van der Waals surface area contributed by atoms with Crippen molar-refractivity contribution in [1.82, 2.24) is 10.2 Å². The Bertz CT molecular complexity index is 1030. The van der Waals surface area contributed by atoms with E-state index in [2.05, 4.69) is 5.32 Å². The van der Waals surface area contributed by atoms with E-state index in [0.717, 1.165) is 22.3 Å². The molecular weight excluding hydrogens is 436 g/mol. The molecule has 3 N–H and O–H groups in total. The second-order valence-corrected chi connectivity index (χ2v) is 8.94. The lowest BCUT2D eigenvalue weighted by molar-refractivity contribution is -0.141. The SMILES string of the molecule is C[C@@H]1[C@H](O)CCCN1C(=O)C(CCC(=O)O)NC(=O)OCC1c2ccccc2-c2ccccc21. The maximum atomic E-state index is 13.1. The van der Waals surface area contributed by atoms with Gasteiger partial charge in [-0.15, -0.1) is 0 Å². The molecule has 180 valence electrons. The van der Waals surface area contributed by atoms with Gasteiger partial charge in [0.15, 0.2) is 0 Å². The van der Waals surface area contributed by atoms with Gasteiger partial charge in [-0.1, -0.05) is 48.5 Å². The van der Waals surface area contributed by atoms with Crippen LogP contribution in [0.2, 0.25) is 0 Å². The highest BCUT2D eigenvalue weighted by atomic mass is 16.5. The molecule has 1 heterocycles. The van der Waals surface area contributed by atoms with Gasteiger partial charge >= 0.3 is 12.1 Å². The lowest BCUT2D eigenvalue weighted by atomic mass is 9.98. The number of ether oxygens (including phenoxy) is 1. The number of aliphatic hydroxyl groups excluding tert-OH is 1. The number of alkyl carbamates (subject to hydrolysis) is 1. The predicted octanol–water partition coefficient (Wildman–Crippen LogP) is 3.13. The molecule has 2 aromatic carbocycles. The van der Waals surface area contributed by atoms with Crippen molar-refractivity contribution in [2.75, 3.05) is 13.2 Å². The Morgan fingerprint density at radius 1 is 1.09 bits per heavy atom. The molecule has 0 bridgehead atoms. The molecule has 3 atom stereocenters. The van der Waals surface area contributed by atoms with Crippen molar-refractivity contribution in [3.05, 3.63) is 59.7 Å². The minimum atomic E-state index is -1.06. The summed E-state index contributed by atoms with van der Waals surface area (Å²) in [7, 11) is 0. The Kier molecular flexibility index (Phi) is 7.17. The summed E-state index contributed by atoms with van der Waals surface area (Å²) in [6.07, 6.45) is -0.496. The van der Waals surface area contributed by atoms with Gasteiger partial charge in [-0.2, -0.15) is 0 Å². The first-order valence-electron chi connectivity index (χ1n) is 11.7. The summed E-state index contributed by atoms with van der Waals surface area (Å²) in [5.41, 5.74) is 4.37. The smallest absolute Gasteiger partial charge is 0.407 e. The molecular formula is C26H30N2O6. The molecule has 2 aliphatic rings. The van der Waals surface area contributed by atoms with Crippen LogP contribution in [0, 0.1) is 0 Å². The topological polar surface area (TPSA) is 116 Å². The molecule has 2 amide bonds. The number of hydrogen-bond acceptors (Lipinski definition) is 5. The first kappa shape index (κ1) is 23.8. The number of benzene rings is 2. The second-order valence-electron chi connectivity index (χ2n) is 8.94. The monoisotopic (exact) mass is 466 g/mol. The van der Waals surface area contributed by atoms with Crippen molar-refractivity contribution in [3.8, 4) is 11.1 Å². The van der Waals surface area contributed by atoms with Gasteiger partial charge in [-0.05, 0) is 48.4 Å². The van der Waals surface area contributed by atoms with E-state index in [1.807, 2.05) is 48.5 Å². The molecule has 4 rings (SSSR count). The summed E-state index contributed by atoms with van der Waals surface area (Å²) in [6.45, 7) is 2.30. The number of likely N-dealkylation sites (tertiary alicyclic amines) is 1. The normalized spacial score (nSPS) is 20.2. The molecule has 1 fully saturated rings. The number of nitrogens with one attached hydrogen (secondary N) is 1. The molecule has 1 saturated heterocycles. The number of carboxylic acids is 1. The highest BCUT2D eigenvalue weighted by molar-refractivity contribution is 5.86. The number of piperidine rings is 1. The molecule has 1 unspecified atom stereocenters. The van der Waals surface area contributed by atoms with E-state index in [0.29, 0.717) is 19.4 Å². The Morgan fingerprint density at radius 2 is 1.71 bits per heavy atom. The van der Waals surface area contributed by atoms with Gasteiger partial charge in [0.1, 0.15) is 12.6 Å². The number of carboxylic acid groups (broad SMARTS) is 1. The fourth-order valence-corrected chi connectivity index (χ4v) is 4.94. The van der Waals surface area contributed by atoms with Crippen LogP contribution in [0.15, 0.2) is 48.5 Å². The van der Waals surface area contributed by atoms with Crippen LogP contribution in [0.25, 0.3) is 11.1 Å². The average molecular weight is 467 g/mol. The Labute approximate surface area is 198 Å². The fraction of sp³-hybridized carbons (Fsp3) is 0.423. The van der Waals surface area contributed by atoms with Gasteiger partial charge in [0.25, 0.3) is 0 Å². The zero-order valence-electron chi connectivity index (χ0n) is 19.1. The molecule has 8 heteroatoms. The molecule has 8 nitrogen and oxygen atoms in total. The van der Waals surface area contributed by atoms with Crippen molar-refractivity contribution in [3.63, 3.8) is 0 Å². The Balaban J connectivity index is 1.44. The van der Waals surface area contributed by atoms with Crippen LogP contribution >= 0.6 is 0 Å². The van der Waals surface area contributed by atoms with Gasteiger partial charge in [0.2, 0.25) is 5.91 Å². The quantitative estimate of drug-likeness (QED) is 0.577. The third-order valence-electron chi connectivity index (χ3n) is 6.81. The molecule has 0 radical (unpaired) electrons. The van der Waals surface area contributed by atoms with Crippen LogP contribution in [-0.2, 0) is 14.3 Å². The van der Waals surface area contributed by atoms with E-state index in [1.54, 1.807) is 6.92 Å². The van der Waals surface area contributed by atoms with Crippen molar-refractivity contribution in [1.29, 1.82) is 0 Å². The summed E-state index contributed by atoms with van der Waals surface area (Å²) >= 11 is 0. The standard InChI is InChI=1S/C26H30N2O6/c1-16-23(29)11-6-14-28(16)25(32)22(12-13-24(30)31)27-26(33)34-15-21-19-9-4-2-7-17(19)18-8-3-5-10-20(18)21/h2-5,7-10,16,21-23,29H,6,11-15H2,1H3,(H,27,33)(H,30,31)/t16-,22?,23-/m1/s1. The van der Waals surface area contributed by atoms with Gasteiger partial charge in [-0.25, -0.2) is 4.79 Å². The molecule has 0 aromatic heterocycles. The van der Waals surface area contributed by atoms with Gasteiger partial charge in [0.05, 0.1) is 12.1 Å². The molecule has 0 saturated carbocycles. The van der Waals surface area contributed by atoms with Crippen LogP contribution in [0.4, 0.5) is 4.79 Å². The third kappa shape index (κ3) is 4.92. The van der Waals surface area contributed by atoms with E-state index < -0.39 is 36.2 Å². The van der Waals surface area contributed by atoms with Crippen molar-refractivity contribution in [2.24, 2.45) is 0 Å². The molecule has 1 aliphatic heterocycles. The number of amides is 2. The van der Waals surface area contributed by atoms with Crippen molar-refractivity contribution in [2.45, 2.75) is 56.7 Å². The van der Waals surface area contributed by atoms with Crippen LogP contribution in [0.5, 0.6) is 0 Å². The molecule has 34 heavy (non-hydrogen) atoms. The zero-order chi connectivity index (χ0) is 24.2. The molecule has 0 spiro atoms. The van der Waals surface area contributed by atoms with E-state index in [1.165, 1.54) is 4.90 Å². The number of aliphatic hydroxyl groups is 1. The predicted molar refractivity (Wildman–Crippen MR) is 125 cm³/mol. The summed E-state index contributed by atoms with van der Waals surface area (Å²) in [6, 6.07) is 14.5. The summed E-state index contributed by atoms with van der Waals surface area (Å²) in [5, 5.41) is 21.8. The number of carbonyl (C=O) groups excluding carboxylic acids is 2.